The van der Waals surface area contributed by atoms with Crippen LogP contribution in [0.25, 0.3) is 11.1 Å². The van der Waals surface area contributed by atoms with Gasteiger partial charge in [0.05, 0.1) is 35.5 Å². The molecule has 0 spiro atoms. The molecule has 1 aromatic heterocycles. The Morgan fingerprint density at radius 1 is 1.12 bits per heavy atom. The van der Waals surface area contributed by atoms with Gasteiger partial charge >= 0.3 is 5.97 Å². The van der Waals surface area contributed by atoms with Crippen molar-refractivity contribution >= 4 is 37.8 Å². The lowest BCUT2D eigenvalue weighted by atomic mass is 9.93. The Bertz CT molecular complexity index is 773. The van der Waals surface area contributed by atoms with E-state index in [1.807, 2.05) is 6.92 Å². The summed E-state index contributed by atoms with van der Waals surface area (Å²) in [5, 5.41) is 28.9. The van der Waals surface area contributed by atoms with E-state index in [1.165, 1.54) is 0 Å². The zero-order chi connectivity index (χ0) is 18.6. The van der Waals surface area contributed by atoms with Crippen LogP contribution in [-0.2, 0) is 24.6 Å². The van der Waals surface area contributed by atoms with E-state index in [-0.39, 0.29) is 25.5 Å². The lowest BCUT2D eigenvalue weighted by molar-refractivity contribution is 0.0498. The van der Waals surface area contributed by atoms with E-state index in [0.29, 0.717) is 43.5 Å². The van der Waals surface area contributed by atoms with Crippen molar-refractivity contribution in [3.8, 4) is 11.1 Å². The number of H-pyrrole nitrogens is 1. The SMILES string of the molecule is CCCOC(=O)c1[nH]c(Br)c(-c2ccc(CO)c(CO)c2CO)c1Br. The normalized spacial score (nSPS) is 11.0. The van der Waals surface area contributed by atoms with Gasteiger partial charge in [0.15, 0.2) is 0 Å². The van der Waals surface area contributed by atoms with Crippen molar-refractivity contribution in [1.29, 1.82) is 0 Å². The zero-order valence-electron chi connectivity index (χ0n) is 13.6. The second kappa shape index (κ2) is 8.95. The van der Waals surface area contributed by atoms with E-state index < -0.39 is 5.97 Å². The molecule has 2 rings (SSSR count). The van der Waals surface area contributed by atoms with Gasteiger partial charge in [0.2, 0.25) is 0 Å². The van der Waals surface area contributed by atoms with Crippen LogP contribution in [0, 0.1) is 0 Å². The van der Waals surface area contributed by atoms with Crippen LogP contribution in [0.3, 0.4) is 0 Å². The molecular formula is C17H19Br2NO5. The maximum Gasteiger partial charge on any atom is 0.355 e. The maximum atomic E-state index is 12.2. The van der Waals surface area contributed by atoms with E-state index in [4.69, 9.17) is 4.74 Å². The average Bonchev–Trinajstić information content (AvgIpc) is 2.92. The minimum absolute atomic E-state index is 0.243. The van der Waals surface area contributed by atoms with Crippen LogP contribution in [0.2, 0.25) is 0 Å². The summed E-state index contributed by atoms with van der Waals surface area (Å²) in [7, 11) is 0. The lowest BCUT2D eigenvalue weighted by Crippen LogP contribution is -2.07. The highest BCUT2D eigenvalue weighted by molar-refractivity contribution is 9.11. The number of aliphatic hydroxyl groups is 3. The van der Waals surface area contributed by atoms with Gasteiger partial charge < -0.3 is 25.0 Å². The monoisotopic (exact) mass is 475 g/mol. The Morgan fingerprint density at radius 3 is 2.36 bits per heavy atom. The largest absolute Gasteiger partial charge is 0.461 e. The fourth-order valence-corrected chi connectivity index (χ4v) is 4.14. The molecule has 0 saturated carbocycles. The van der Waals surface area contributed by atoms with Crippen molar-refractivity contribution in [2.75, 3.05) is 6.61 Å². The predicted molar refractivity (Wildman–Crippen MR) is 100.0 cm³/mol. The number of nitrogens with one attached hydrogen (secondary N) is 1. The van der Waals surface area contributed by atoms with Crippen molar-refractivity contribution < 1.29 is 24.9 Å². The molecule has 0 atom stereocenters. The van der Waals surface area contributed by atoms with Crippen LogP contribution in [0.4, 0.5) is 0 Å². The molecule has 0 saturated heterocycles. The molecule has 4 N–H and O–H groups in total. The first kappa shape index (κ1) is 20.1. The fraction of sp³-hybridized carbons (Fsp3) is 0.353. The van der Waals surface area contributed by atoms with Crippen molar-refractivity contribution in [3.63, 3.8) is 0 Å². The van der Waals surface area contributed by atoms with Gasteiger partial charge in [-0.05, 0) is 60.5 Å². The van der Waals surface area contributed by atoms with Gasteiger partial charge in [-0.1, -0.05) is 19.1 Å². The van der Waals surface area contributed by atoms with Gasteiger partial charge in [-0.25, -0.2) is 4.79 Å². The lowest BCUT2D eigenvalue weighted by Gasteiger charge is -2.15. The van der Waals surface area contributed by atoms with E-state index in [9.17, 15) is 20.1 Å². The molecule has 1 heterocycles. The summed E-state index contributed by atoms with van der Waals surface area (Å²) in [6.45, 7) is 1.35. The van der Waals surface area contributed by atoms with Crippen molar-refractivity contribution in [3.05, 3.63) is 43.6 Å². The second-order valence-corrected chi connectivity index (χ2v) is 6.93. The number of rotatable bonds is 7. The molecule has 0 radical (unpaired) electrons. The number of hydrogen-bond donors (Lipinski definition) is 4. The number of halogens is 2. The number of carbonyl (C=O) groups is 1. The number of aliphatic hydroxyl groups excluding tert-OH is 3. The highest BCUT2D eigenvalue weighted by Gasteiger charge is 2.24. The molecule has 6 nitrogen and oxygen atoms in total. The number of carbonyl (C=O) groups excluding carboxylic acids is 1. The number of benzene rings is 1. The Kier molecular flexibility index (Phi) is 7.21. The molecule has 0 unspecified atom stereocenters. The average molecular weight is 477 g/mol. The van der Waals surface area contributed by atoms with E-state index in [2.05, 4.69) is 36.8 Å². The minimum atomic E-state index is -0.486. The van der Waals surface area contributed by atoms with E-state index >= 15 is 0 Å². The highest BCUT2D eigenvalue weighted by atomic mass is 79.9. The van der Waals surface area contributed by atoms with E-state index in [1.54, 1.807) is 12.1 Å². The highest BCUT2D eigenvalue weighted by Crippen LogP contribution is 2.41. The molecular weight excluding hydrogens is 458 g/mol. The quantitative estimate of drug-likeness (QED) is 0.459. The molecule has 0 aliphatic rings. The first-order chi connectivity index (χ1) is 12.0. The van der Waals surface area contributed by atoms with Crippen LogP contribution >= 0.6 is 31.9 Å². The number of aromatic amines is 1. The van der Waals surface area contributed by atoms with Gasteiger partial charge in [-0.3, -0.25) is 0 Å². The zero-order valence-corrected chi connectivity index (χ0v) is 16.8. The molecule has 0 bridgehead atoms. The third-order valence-electron chi connectivity index (χ3n) is 3.82. The van der Waals surface area contributed by atoms with Crippen LogP contribution < -0.4 is 0 Å². The fourth-order valence-electron chi connectivity index (χ4n) is 2.59. The Labute approximate surface area is 162 Å². The number of aromatic nitrogens is 1. The third-order valence-corrected chi connectivity index (χ3v) is 5.21. The van der Waals surface area contributed by atoms with Gasteiger partial charge in [-0.15, -0.1) is 0 Å². The smallest absolute Gasteiger partial charge is 0.355 e. The molecule has 25 heavy (non-hydrogen) atoms. The van der Waals surface area contributed by atoms with Crippen molar-refractivity contribution in [2.24, 2.45) is 0 Å². The summed E-state index contributed by atoms with van der Waals surface area (Å²) in [6, 6.07) is 3.41. The number of ether oxygens (including phenoxy) is 1. The Balaban J connectivity index is 2.60. The first-order valence-electron chi connectivity index (χ1n) is 7.70. The topological polar surface area (TPSA) is 103 Å². The summed E-state index contributed by atoms with van der Waals surface area (Å²) in [5.41, 5.74) is 3.03. The maximum absolute atomic E-state index is 12.2. The van der Waals surface area contributed by atoms with Crippen LogP contribution in [-0.4, -0.2) is 32.9 Å². The molecule has 0 aliphatic carbocycles. The van der Waals surface area contributed by atoms with Crippen LogP contribution in [0.5, 0.6) is 0 Å². The molecule has 2 aromatic rings. The second-order valence-electron chi connectivity index (χ2n) is 5.34. The molecule has 0 aliphatic heterocycles. The van der Waals surface area contributed by atoms with Crippen LogP contribution in [0.15, 0.2) is 21.2 Å². The summed E-state index contributed by atoms with van der Waals surface area (Å²) < 4.78 is 6.19. The number of esters is 1. The summed E-state index contributed by atoms with van der Waals surface area (Å²) in [4.78, 5) is 15.1. The Morgan fingerprint density at radius 2 is 1.80 bits per heavy atom. The van der Waals surface area contributed by atoms with Crippen LogP contribution in [0.1, 0.15) is 40.5 Å². The van der Waals surface area contributed by atoms with Gasteiger partial charge in [-0.2, -0.15) is 0 Å². The molecule has 0 fully saturated rings. The minimum Gasteiger partial charge on any atom is -0.461 e. The standard InChI is InChI=1S/C17H19Br2NO5/c1-2-5-25-17(24)15-14(18)13(16(19)20-15)10-4-3-9(6-21)11(7-22)12(10)8-23/h3-4,20-23H,2,5-8H2,1H3. The van der Waals surface area contributed by atoms with Gasteiger partial charge in [0, 0.05) is 5.56 Å². The van der Waals surface area contributed by atoms with Gasteiger partial charge in [0.25, 0.3) is 0 Å². The predicted octanol–water partition coefficient (Wildman–Crippen LogP) is 3.25. The molecule has 0 amide bonds. The molecule has 136 valence electrons. The molecule has 8 heteroatoms. The third kappa shape index (κ3) is 3.98. The first-order valence-corrected chi connectivity index (χ1v) is 9.29. The molecule has 1 aromatic carbocycles. The Hall–Kier alpha value is -1.19. The summed E-state index contributed by atoms with van der Waals surface area (Å²) in [5.74, 6) is -0.486. The summed E-state index contributed by atoms with van der Waals surface area (Å²) in [6.07, 6.45) is 0.717. The van der Waals surface area contributed by atoms with Gasteiger partial charge in [0.1, 0.15) is 5.69 Å². The summed E-state index contributed by atoms with van der Waals surface area (Å²) >= 11 is 6.82. The van der Waals surface area contributed by atoms with Crippen molar-refractivity contribution in [1.82, 2.24) is 4.98 Å². The van der Waals surface area contributed by atoms with Crippen molar-refractivity contribution in [2.45, 2.75) is 33.2 Å². The number of hydrogen-bond acceptors (Lipinski definition) is 5. The van der Waals surface area contributed by atoms with E-state index in [0.717, 1.165) is 6.42 Å².